The van der Waals surface area contributed by atoms with Crippen molar-refractivity contribution < 1.29 is 4.79 Å². The van der Waals surface area contributed by atoms with E-state index in [9.17, 15) is 4.79 Å². The molecule has 1 unspecified atom stereocenters. The normalized spacial score (nSPS) is 30.4. The first kappa shape index (κ1) is 9.16. The van der Waals surface area contributed by atoms with Gasteiger partial charge in [-0.05, 0) is 32.2 Å². The predicted octanol–water partition coefficient (Wildman–Crippen LogP) is 0.389. The average molecular weight is 182 g/mol. The van der Waals surface area contributed by atoms with Crippen LogP contribution >= 0.6 is 0 Å². The van der Waals surface area contributed by atoms with E-state index in [1.54, 1.807) is 0 Å². The van der Waals surface area contributed by atoms with E-state index in [0.29, 0.717) is 24.3 Å². The van der Waals surface area contributed by atoms with Crippen LogP contribution in [-0.4, -0.2) is 36.4 Å². The van der Waals surface area contributed by atoms with Crippen LogP contribution in [0.2, 0.25) is 0 Å². The third-order valence-corrected chi connectivity index (χ3v) is 2.95. The average Bonchev–Trinajstić information content (AvgIpc) is 2.85. The van der Waals surface area contributed by atoms with E-state index in [2.05, 4.69) is 4.90 Å². The molecule has 2 aliphatic rings. The molecule has 1 aliphatic carbocycles. The fourth-order valence-electron chi connectivity index (χ4n) is 1.99. The van der Waals surface area contributed by atoms with Gasteiger partial charge in [-0.2, -0.15) is 0 Å². The molecule has 0 radical (unpaired) electrons. The lowest BCUT2D eigenvalue weighted by molar-refractivity contribution is -0.121. The summed E-state index contributed by atoms with van der Waals surface area (Å²) in [4.78, 5) is 13.7. The van der Waals surface area contributed by atoms with E-state index >= 15 is 0 Å². The molecule has 2 N–H and O–H groups in total. The number of likely N-dealkylation sites (tertiary alicyclic amines) is 1. The third-order valence-electron chi connectivity index (χ3n) is 2.95. The van der Waals surface area contributed by atoms with Crippen molar-refractivity contribution in [3.63, 3.8) is 0 Å². The smallest absolute Gasteiger partial charge is 0.149 e. The van der Waals surface area contributed by atoms with Crippen LogP contribution in [0.4, 0.5) is 0 Å². The van der Waals surface area contributed by atoms with Gasteiger partial charge in [0.1, 0.15) is 5.78 Å². The molecule has 1 atom stereocenters. The van der Waals surface area contributed by atoms with Crippen LogP contribution in [0.15, 0.2) is 0 Å². The number of rotatable bonds is 3. The van der Waals surface area contributed by atoms with Gasteiger partial charge in [0.05, 0.1) is 6.54 Å². The van der Waals surface area contributed by atoms with Gasteiger partial charge in [-0.3, -0.25) is 9.69 Å². The minimum Gasteiger partial charge on any atom is -0.327 e. The van der Waals surface area contributed by atoms with Gasteiger partial charge in [0.25, 0.3) is 0 Å². The lowest BCUT2D eigenvalue weighted by Gasteiger charge is -2.29. The first-order chi connectivity index (χ1) is 6.25. The van der Waals surface area contributed by atoms with Crippen molar-refractivity contribution in [3.8, 4) is 0 Å². The molecule has 1 saturated heterocycles. The fraction of sp³-hybridized carbons (Fsp3) is 0.900. The first-order valence-corrected chi connectivity index (χ1v) is 5.26. The summed E-state index contributed by atoms with van der Waals surface area (Å²) in [7, 11) is 0. The monoisotopic (exact) mass is 182 g/mol. The zero-order chi connectivity index (χ0) is 9.26. The largest absolute Gasteiger partial charge is 0.327 e. The highest BCUT2D eigenvalue weighted by molar-refractivity contribution is 5.84. The van der Waals surface area contributed by atoms with Crippen molar-refractivity contribution in [1.82, 2.24) is 4.90 Å². The first-order valence-electron chi connectivity index (χ1n) is 5.26. The highest BCUT2D eigenvalue weighted by Crippen LogP contribution is 2.30. The molecule has 0 aromatic carbocycles. The standard InChI is InChI=1S/C10H18N2O/c11-9-2-1-5-12(6-9)7-10(13)8-3-4-8/h8-9H,1-7,11H2. The molecule has 74 valence electrons. The molecule has 1 aliphatic heterocycles. The van der Waals surface area contributed by atoms with Gasteiger partial charge in [-0.15, -0.1) is 0 Å². The lowest BCUT2D eigenvalue weighted by atomic mass is 10.1. The number of carbonyl (C=O) groups is 1. The van der Waals surface area contributed by atoms with Crippen LogP contribution in [-0.2, 0) is 4.79 Å². The maximum atomic E-state index is 11.5. The molecule has 0 spiro atoms. The van der Waals surface area contributed by atoms with Gasteiger partial charge in [-0.25, -0.2) is 0 Å². The van der Waals surface area contributed by atoms with E-state index < -0.39 is 0 Å². The van der Waals surface area contributed by atoms with Crippen LogP contribution in [0.3, 0.4) is 0 Å². The molecule has 0 bridgehead atoms. The minimum absolute atomic E-state index is 0.292. The summed E-state index contributed by atoms with van der Waals surface area (Å²) in [5.41, 5.74) is 5.84. The van der Waals surface area contributed by atoms with Crippen molar-refractivity contribution in [3.05, 3.63) is 0 Å². The van der Waals surface area contributed by atoms with Gasteiger partial charge in [0.15, 0.2) is 0 Å². The molecular weight excluding hydrogens is 164 g/mol. The van der Waals surface area contributed by atoms with Gasteiger partial charge < -0.3 is 5.73 Å². The van der Waals surface area contributed by atoms with Gasteiger partial charge >= 0.3 is 0 Å². The molecule has 0 aromatic rings. The highest BCUT2D eigenvalue weighted by Gasteiger charge is 2.31. The Morgan fingerprint density at radius 3 is 2.77 bits per heavy atom. The number of ketones is 1. The molecule has 1 saturated carbocycles. The topological polar surface area (TPSA) is 46.3 Å². The Hall–Kier alpha value is -0.410. The Bertz CT molecular complexity index is 201. The molecular formula is C10H18N2O. The SMILES string of the molecule is NC1CCCN(CC(=O)C2CC2)C1. The zero-order valence-electron chi connectivity index (χ0n) is 8.04. The number of hydrogen-bond donors (Lipinski definition) is 1. The number of Topliss-reactive ketones (excluding diaryl/α,β-unsaturated/α-hetero) is 1. The van der Waals surface area contributed by atoms with E-state index in [4.69, 9.17) is 5.73 Å². The van der Waals surface area contributed by atoms with E-state index in [1.807, 2.05) is 0 Å². The van der Waals surface area contributed by atoms with Crippen LogP contribution in [0.1, 0.15) is 25.7 Å². The summed E-state index contributed by atoms with van der Waals surface area (Å²) >= 11 is 0. The summed E-state index contributed by atoms with van der Waals surface area (Å²) in [6, 6.07) is 0.292. The number of piperidine rings is 1. The molecule has 3 heteroatoms. The summed E-state index contributed by atoms with van der Waals surface area (Å²) in [5.74, 6) is 0.840. The number of hydrogen-bond acceptors (Lipinski definition) is 3. The van der Waals surface area contributed by atoms with E-state index in [1.165, 1.54) is 0 Å². The number of nitrogens with zero attached hydrogens (tertiary/aromatic N) is 1. The molecule has 2 fully saturated rings. The Kier molecular flexibility index (Phi) is 2.65. The van der Waals surface area contributed by atoms with Crippen LogP contribution in [0.5, 0.6) is 0 Å². The van der Waals surface area contributed by atoms with Crippen molar-refractivity contribution in [1.29, 1.82) is 0 Å². The van der Waals surface area contributed by atoms with Gasteiger partial charge in [-0.1, -0.05) is 0 Å². The summed E-state index contributed by atoms with van der Waals surface area (Å²) in [5, 5.41) is 0. The van der Waals surface area contributed by atoms with Crippen molar-refractivity contribution >= 4 is 5.78 Å². The predicted molar refractivity (Wildman–Crippen MR) is 51.4 cm³/mol. The minimum atomic E-state index is 0.292. The zero-order valence-corrected chi connectivity index (χ0v) is 8.04. The fourth-order valence-corrected chi connectivity index (χ4v) is 1.99. The third kappa shape index (κ3) is 2.51. The summed E-state index contributed by atoms with van der Waals surface area (Å²) < 4.78 is 0. The highest BCUT2D eigenvalue weighted by atomic mass is 16.1. The molecule has 0 aromatic heterocycles. The Labute approximate surface area is 79.3 Å². The number of carbonyl (C=O) groups excluding carboxylic acids is 1. The lowest BCUT2D eigenvalue weighted by Crippen LogP contribution is -2.45. The van der Waals surface area contributed by atoms with Gasteiger partial charge in [0, 0.05) is 18.5 Å². The molecule has 13 heavy (non-hydrogen) atoms. The number of nitrogens with two attached hydrogens (primary N) is 1. The Morgan fingerprint density at radius 1 is 1.38 bits per heavy atom. The second kappa shape index (κ2) is 3.76. The molecule has 0 amide bonds. The molecule has 1 heterocycles. The second-order valence-corrected chi connectivity index (χ2v) is 4.38. The van der Waals surface area contributed by atoms with Gasteiger partial charge in [0.2, 0.25) is 0 Å². The van der Waals surface area contributed by atoms with Crippen LogP contribution in [0, 0.1) is 5.92 Å². The van der Waals surface area contributed by atoms with Crippen LogP contribution in [0.25, 0.3) is 0 Å². The quantitative estimate of drug-likeness (QED) is 0.686. The summed E-state index contributed by atoms with van der Waals surface area (Å²) in [6.45, 7) is 2.63. The Balaban J connectivity index is 1.76. The Morgan fingerprint density at radius 2 is 2.15 bits per heavy atom. The van der Waals surface area contributed by atoms with E-state index in [-0.39, 0.29) is 0 Å². The summed E-state index contributed by atoms with van der Waals surface area (Å²) in [6.07, 6.45) is 4.52. The van der Waals surface area contributed by atoms with Crippen molar-refractivity contribution in [2.45, 2.75) is 31.7 Å². The van der Waals surface area contributed by atoms with Crippen molar-refractivity contribution in [2.24, 2.45) is 11.7 Å². The van der Waals surface area contributed by atoms with E-state index in [0.717, 1.165) is 38.8 Å². The maximum absolute atomic E-state index is 11.5. The maximum Gasteiger partial charge on any atom is 0.149 e. The van der Waals surface area contributed by atoms with Crippen molar-refractivity contribution in [2.75, 3.05) is 19.6 Å². The molecule has 2 rings (SSSR count). The second-order valence-electron chi connectivity index (χ2n) is 4.38. The molecule has 3 nitrogen and oxygen atoms in total. The van der Waals surface area contributed by atoms with Crippen LogP contribution < -0.4 is 5.73 Å².